The molecule has 5 heteroatoms. The molecule has 1 aliphatic heterocycles. The zero-order chi connectivity index (χ0) is 12.5. The molecule has 0 radical (unpaired) electrons. The maximum Gasteiger partial charge on any atom is 0.471 e. The Morgan fingerprint density at radius 3 is 2.56 bits per heavy atom. The maximum absolute atomic E-state index is 10.3. The first kappa shape index (κ1) is 11.5. The quantitative estimate of drug-likeness (QED) is 0.818. The molecule has 0 atom stereocenters. The van der Waals surface area contributed by atoms with Gasteiger partial charge in [-0.25, -0.2) is 0 Å². The molecule has 0 saturated heterocycles. The Kier molecular flexibility index (Phi) is 2.93. The predicted molar refractivity (Wildman–Crippen MR) is 78.3 cm³/mol. The van der Waals surface area contributed by atoms with E-state index in [0.29, 0.717) is 0 Å². The molecule has 0 fully saturated rings. The molecule has 88 valence electrons. The lowest BCUT2D eigenvalue weighted by molar-refractivity contribution is 0.578. The third kappa shape index (κ3) is 1.96. The highest BCUT2D eigenvalue weighted by molar-refractivity contribution is 9.10. The minimum absolute atomic E-state index is 0.743. The Morgan fingerprint density at radius 2 is 1.78 bits per heavy atom. The number of nitrogens with zero attached hydrogens (tertiary/aromatic N) is 2. The van der Waals surface area contributed by atoms with Crippen LogP contribution in [0.25, 0.3) is 0 Å². The molecule has 0 amide bonds. The summed E-state index contributed by atoms with van der Waals surface area (Å²) in [5.74, 6) is 0. The van der Waals surface area contributed by atoms with E-state index in [4.69, 9.17) is 0 Å². The van der Waals surface area contributed by atoms with E-state index in [2.05, 4.69) is 21.0 Å². The van der Waals surface area contributed by atoms with Crippen LogP contribution in [0.2, 0.25) is 0 Å². The second-order valence-corrected chi connectivity index (χ2v) is 4.98. The first-order chi connectivity index (χ1) is 8.75. The largest absolute Gasteiger partial charge is 0.471 e. The highest BCUT2D eigenvalue weighted by Gasteiger charge is 2.29. The summed E-state index contributed by atoms with van der Waals surface area (Å²) in [6.45, 7) is 0. The molecule has 0 spiro atoms. The van der Waals surface area contributed by atoms with E-state index < -0.39 is 7.05 Å². The van der Waals surface area contributed by atoms with Crippen LogP contribution in [0.4, 0.5) is 5.69 Å². The van der Waals surface area contributed by atoms with Crippen LogP contribution >= 0.6 is 15.9 Å². The maximum atomic E-state index is 10.3. The van der Waals surface area contributed by atoms with Crippen molar-refractivity contribution >= 4 is 40.3 Å². The third-order valence-electron chi connectivity index (χ3n) is 2.92. The number of hydrogen-bond acceptors (Lipinski definition) is 3. The van der Waals surface area contributed by atoms with Crippen LogP contribution in [-0.2, 0) is 0 Å². The predicted octanol–water partition coefficient (Wildman–Crippen LogP) is 1.99. The van der Waals surface area contributed by atoms with Crippen LogP contribution in [-0.4, -0.2) is 18.3 Å². The van der Waals surface area contributed by atoms with Gasteiger partial charge in [-0.15, -0.1) is 0 Å². The highest BCUT2D eigenvalue weighted by atomic mass is 79.9. The fraction of sp³-hybridized carbons (Fsp3) is 0. The average molecular weight is 301 g/mol. The van der Waals surface area contributed by atoms with Crippen LogP contribution < -0.4 is 10.4 Å². The molecule has 0 aliphatic carbocycles. The molecule has 18 heavy (non-hydrogen) atoms. The lowest BCUT2D eigenvalue weighted by Gasteiger charge is -2.26. The van der Waals surface area contributed by atoms with Crippen molar-refractivity contribution in [2.24, 2.45) is 5.10 Å². The standard InChI is InChI=1S/C13H10BBrN2O/c15-11-5-7-12(8-6-11)17-14(18)13-4-2-1-3-10(13)9-16-17/h1-9,18H. The number of fused-ring (bicyclic) bond motifs is 1. The summed E-state index contributed by atoms with van der Waals surface area (Å²) in [6, 6.07) is 15.4. The van der Waals surface area contributed by atoms with E-state index in [1.54, 1.807) is 11.1 Å². The number of rotatable bonds is 1. The molecule has 1 N–H and O–H groups in total. The van der Waals surface area contributed by atoms with Crippen molar-refractivity contribution in [1.82, 2.24) is 0 Å². The topological polar surface area (TPSA) is 35.8 Å². The zero-order valence-electron chi connectivity index (χ0n) is 9.49. The van der Waals surface area contributed by atoms with Crippen LogP contribution in [0.1, 0.15) is 5.56 Å². The van der Waals surface area contributed by atoms with Crippen molar-refractivity contribution in [2.75, 3.05) is 4.92 Å². The fourth-order valence-corrected chi connectivity index (χ4v) is 2.25. The summed E-state index contributed by atoms with van der Waals surface area (Å²) in [6.07, 6.45) is 1.77. The van der Waals surface area contributed by atoms with Crippen LogP contribution in [0.3, 0.4) is 0 Å². The molecule has 0 bridgehead atoms. The first-order valence-corrected chi connectivity index (χ1v) is 6.41. The number of benzene rings is 2. The Labute approximate surface area is 114 Å². The molecule has 2 aromatic carbocycles. The van der Waals surface area contributed by atoms with E-state index in [1.165, 1.54) is 0 Å². The summed E-state index contributed by atoms with van der Waals surface area (Å²) >= 11 is 3.39. The van der Waals surface area contributed by atoms with Crippen molar-refractivity contribution in [3.05, 3.63) is 58.6 Å². The van der Waals surface area contributed by atoms with Gasteiger partial charge >= 0.3 is 7.05 Å². The normalized spacial score (nSPS) is 13.7. The molecule has 3 rings (SSSR count). The second kappa shape index (κ2) is 4.59. The Morgan fingerprint density at radius 1 is 1.06 bits per heavy atom. The lowest BCUT2D eigenvalue weighted by atomic mass is 9.69. The number of hydrogen-bond donors (Lipinski definition) is 1. The van der Waals surface area contributed by atoms with Crippen LogP contribution in [0.15, 0.2) is 58.1 Å². The summed E-state index contributed by atoms with van der Waals surface area (Å²) < 4.78 is 1.00. The van der Waals surface area contributed by atoms with E-state index in [0.717, 1.165) is 21.2 Å². The third-order valence-corrected chi connectivity index (χ3v) is 3.45. The monoisotopic (exact) mass is 300 g/mol. The van der Waals surface area contributed by atoms with Crippen molar-refractivity contribution in [3.63, 3.8) is 0 Å². The molecular weight excluding hydrogens is 291 g/mol. The molecule has 0 saturated carbocycles. The van der Waals surface area contributed by atoms with Gasteiger partial charge in [0.25, 0.3) is 0 Å². The number of halogens is 1. The molecule has 2 aromatic rings. The van der Waals surface area contributed by atoms with Gasteiger partial charge in [0.05, 0.1) is 6.21 Å². The van der Waals surface area contributed by atoms with Gasteiger partial charge < -0.3 is 5.02 Å². The number of anilines is 1. The van der Waals surface area contributed by atoms with E-state index in [1.807, 2.05) is 48.5 Å². The SMILES string of the molecule is OB1c2ccccc2C=NN1c1ccc(Br)cc1. The summed E-state index contributed by atoms with van der Waals surface area (Å²) in [4.78, 5) is 1.61. The van der Waals surface area contributed by atoms with Crippen LogP contribution in [0, 0.1) is 0 Å². The van der Waals surface area contributed by atoms with Crippen LogP contribution in [0.5, 0.6) is 0 Å². The molecular formula is C13H10BBrN2O. The lowest BCUT2D eigenvalue weighted by Crippen LogP contribution is -2.50. The van der Waals surface area contributed by atoms with Crippen molar-refractivity contribution < 1.29 is 5.02 Å². The van der Waals surface area contributed by atoms with Gasteiger partial charge in [-0.05, 0) is 35.3 Å². The highest BCUT2D eigenvalue weighted by Crippen LogP contribution is 2.20. The molecule has 0 aromatic heterocycles. The van der Waals surface area contributed by atoms with Gasteiger partial charge in [0, 0.05) is 10.2 Å². The number of hydrazone groups is 1. The minimum atomic E-state index is -0.743. The fourth-order valence-electron chi connectivity index (χ4n) is 1.98. The van der Waals surface area contributed by atoms with Crippen molar-refractivity contribution in [2.45, 2.75) is 0 Å². The molecule has 3 nitrogen and oxygen atoms in total. The molecule has 0 unspecified atom stereocenters. The van der Waals surface area contributed by atoms with Gasteiger partial charge in [0.1, 0.15) is 0 Å². The van der Waals surface area contributed by atoms with Crippen molar-refractivity contribution in [1.29, 1.82) is 0 Å². The Hall–Kier alpha value is -1.59. The average Bonchev–Trinajstić information content (AvgIpc) is 2.41. The van der Waals surface area contributed by atoms with Gasteiger partial charge in [0.2, 0.25) is 0 Å². The minimum Gasteiger partial charge on any atom is -0.427 e. The Balaban J connectivity index is 2.00. The molecule has 1 heterocycles. The Bertz CT molecular complexity index is 600. The van der Waals surface area contributed by atoms with Gasteiger partial charge in [-0.1, -0.05) is 40.2 Å². The zero-order valence-corrected chi connectivity index (χ0v) is 11.1. The van der Waals surface area contributed by atoms with Gasteiger partial charge in [-0.2, -0.15) is 5.10 Å². The van der Waals surface area contributed by atoms with Gasteiger partial charge in [-0.3, -0.25) is 4.92 Å². The first-order valence-electron chi connectivity index (χ1n) is 5.61. The second-order valence-electron chi connectivity index (χ2n) is 4.07. The summed E-state index contributed by atoms with van der Waals surface area (Å²) in [5.41, 5.74) is 2.69. The summed E-state index contributed by atoms with van der Waals surface area (Å²) in [7, 11) is -0.743. The smallest absolute Gasteiger partial charge is 0.427 e. The molecule has 1 aliphatic rings. The van der Waals surface area contributed by atoms with Crippen molar-refractivity contribution in [3.8, 4) is 0 Å². The van der Waals surface area contributed by atoms with E-state index in [-0.39, 0.29) is 0 Å². The van der Waals surface area contributed by atoms with E-state index in [9.17, 15) is 5.02 Å². The van der Waals surface area contributed by atoms with Gasteiger partial charge in [0.15, 0.2) is 0 Å². The van der Waals surface area contributed by atoms with E-state index >= 15 is 0 Å². The summed E-state index contributed by atoms with van der Waals surface area (Å²) in [5, 5.41) is 14.6.